The van der Waals surface area contributed by atoms with Crippen molar-refractivity contribution in [1.82, 2.24) is 5.16 Å². The highest BCUT2D eigenvalue weighted by molar-refractivity contribution is 7.92. The van der Waals surface area contributed by atoms with Crippen molar-refractivity contribution in [2.75, 3.05) is 4.72 Å². The Morgan fingerprint density at radius 2 is 2.10 bits per heavy atom. The predicted octanol–water partition coefficient (Wildman–Crippen LogP) is 2.62. The molecule has 0 unspecified atom stereocenters. The Morgan fingerprint density at radius 3 is 2.60 bits per heavy atom. The van der Waals surface area contributed by atoms with Crippen LogP contribution in [0, 0.1) is 25.2 Å². The minimum atomic E-state index is -3.85. The number of nitrogens with zero attached hydrogens (tertiary/aromatic N) is 2. The smallest absolute Gasteiger partial charge is 0.264 e. The molecule has 0 radical (unpaired) electrons. The molecule has 0 saturated carbocycles. The van der Waals surface area contributed by atoms with Gasteiger partial charge in [-0.1, -0.05) is 16.8 Å². The third kappa shape index (κ3) is 2.61. The van der Waals surface area contributed by atoms with Gasteiger partial charge in [0.2, 0.25) is 5.88 Å². The van der Waals surface area contributed by atoms with Crippen LogP contribution in [0.5, 0.6) is 0 Å². The molecule has 0 aliphatic heterocycles. The summed E-state index contributed by atoms with van der Waals surface area (Å²) in [5, 5.41) is 12.5. The van der Waals surface area contributed by atoms with Crippen molar-refractivity contribution in [2.24, 2.45) is 0 Å². The van der Waals surface area contributed by atoms with Crippen LogP contribution in [0.2, 0.25) is 5.02 Å². The summed E-state index contributed by atoms with van der Waals surface area (Å²) in [6, 6.07) is 5.71. The number of nitrogens with one attached hydrogen (secondary N) is 1. The van der Waals surface area contributed by atoms with Crippen molar-refractivity contribution in [3.63, 3.8) is 0 Å². The van der Waals surface area contributed by atoms with E-state index in [1.54, 1.807) is 13.8 Å². The van der Waals surface area contributed by atoms with Crippen molar-refractivity contribution in [3.8, 4) is 6.07 Å². The van der Waals surface area contributed by atoms with Crippen LogP contribution in [0.15, 0.2) is 27.6 Å². The Balaban J connectivity index is 2.39. The van der Waals surface area contributed by atoms with Crippen LogP contribution in [-0.2, 0) is 10.0 Å². The summed E-state index contributed by atoms with van der Waals surface area (Å²) in [6.07, 6.45) is 0. The molecule has 0 aliphatic rings. The molecule has 0 aliphatic carbocycles. The van der Waals surface area contributed by atoms with Crippen LogP contribution in [-0.4, -0.2) is 13.6 Å². The zero-order valence-corrected chi connectivity index (χ0v) is 12.2. The van der Waals surface area contributed by atoms with Crippen LogP contribution < -0.4 is 4.72 Å². The molecule has 1 aromatic heterocycles. The van der Waals surface area contributed by atoms with E-state index in [0.717, 1.165) is 0 Å². The number of halogens is 1. The summed E-state index contributed by atoms with van der Waals surface area (Å²) in [7, 11) is -3.85. The molecule has 2 aromatic rings. The number of rotatable bonds is 3. The molecule has 1 N–H and O–H groups in total. The van der Waals surface area contributed by atoms with Gasteiger partial charge in [-0.25, -0.2) is 13.1 Å². The van der Waals surface area contributed by atoms with Gasteiger partial charge in [0.05, 0.1) is 21.2 Å². The molecule has 2 rings (SSSR count). The van der Waals surface area contributed by atoms with Crippen molar-refractivity contribution in [2.45, 2.75) is 18.7 Å². The molecule has 1 heterocycles. The van der Waals surface area contributed by atoms with Gasteiger partial charge >= 0.3 is 0 Å². The fourth-order valence-corrected chi connectivity index (χ4v) is 2.81. The molecule has 0 spiro atoms. The molecular weight excluding hydrogens is 302 g/mol. The lowest BCUT2D eigenvalue weighted by atomic mass is 10.2. The number of nitriles is 1. The minimum absolute atomic E-state index is 0.0583. The topological polar surface area (TPSA) is 96.0 Å². The second-order valence-electron chi connectivity index (χ2n) is 4.08. The van der Waals surface area contributed by atoms with E-state index in [1.807, 2.05) is 6.07 Å². The third-order valence-corrected chi connectivity index (χ3v) is 4.40. The zero-order chi connectivity index (χ0) is 14.9. The normalized spacial score (nSPS) is 11.1. The van der Waals surface area contributed by atoms with Crippen molar-refractivity contribution in [1.29, 1.82) is 5.26 Å². The lowest BCUT2D eigenvalue weighted by Gasteiger charge is -2.06. The maximum absolute atomic E-state index is 12.2. The van der Waals surface area contributed by atoms with Gasteiger partial charge in [0.15, 0.2) is 0 Å². The van der Waals surface area contributed by atoms with Crippen molar-refractivity contribution < 1.29 is 12.9 Å². The maximum atomic E-state index is 12.2. The maximum Gasteiger partial charge on any atom is 0.264 e. The van der Waals surface area contributed by atoms with E-state index in [-0.39, 0.29) is 21.4 Å². The van der Waals surface area contributed by atoms with E-state index in [4.69, 9.17) is 21.4 Å². The molecule has 6 nitrogen and oxygen atoms in total. The number of hydrogen-bond acceptors (Lipinski definition) is 5. The van der Waals surface area contributed by atoms with Crippen LogP contribution in [0.25, 0.3) is 0 Å². The molecule has 1 aromatic carbocycles. The quantitative estimate of drug-likeness (QED) is 0.940. The largest absolute Gasteiger partial charge is 0.337 e. The summed E-state index contributed by atoms with van der Waals surface area (Å²) in [6.45, 7) is 3.39. The summed E-state index contributed by atoms with van der Waals surface area (Å²) in [5.74, 6) is 0.0583. The molecule has 8 heteroatoms. The monoisotopic (exact) mass is 311 g/mol. The zero-order valence-electron chi connectivity index (χ0n) is 10.6. The summed E-state index contributed by atoms with van der Waals surface area (Å²) in [5.41, 5.74) is 1.41. The average molecular weight is 312 g/mol. The lowest BCUT2D eigenvalue weighted by Crippen LogP contribution is -2.13. The predicted molar refractivity (Wildman–Crippen MR) is 73.0 cm³/mol. The minimum Gasteiger partial charge on any atom is -0.337 e. The first-order valence-electron chi connectivity index (χ1n) is 5.50. The highest BCUT2D eigenvalue weighted by Crippen LogP contribution is 2.24. The lowest BCUT2D eigenvalue weighted by molar-refractivity contribution is 0.430. The third-order valence-electron chi connectivity index (χ3n) is 2.76. The van der Waals surface area contributed by atoms with Crippen LogP contribution in [0.1, 0.15) is 16.8 Å². The number of aromatic nitrogens is 1. The van der Waals surface area contributed by atoms with Gasteiger partial charge in [0, 0.05) is 5.56 Å². The second-order valence-corrected chi connectivity index (χ2v) is 6.17. The molecule has 104 valence electrons. The Hall–Kier alpha value is -2.04. The van der Waals surface area contributed by atoms with Gasteiger partial charge < -0.3 is 4.52 Å². The van der Waals surface area contributed by atoms with Gasteiger partial charge in [0.1, 0.15) is 6.07 Å². The number of benzene rings is 1. The first-order chi connectivity index (χ1) is 9.35. The Kier molecular flexibility index (Phi) is 3.70. The van der Waals surface area contributed by atoms with Crippen LogP contribution in [0.3, 0.4) is 0 Å². The van der Waals surface area contributed by atoms with Crippen LogP contribution in [0.4, 0.5) is 5.88 Å². The van der Waals surface area contributed by atoms with Crippen molar-refractivity contribution >= 4 is 27.5 Å². The molecular formula is C12H10ClN3O3S. The van der Waals surface area contributed by atoms with E-state index < -0.39 is 10.0 Å². The summed E-state index contributed by atoms with van der Waals surface area (Å²) >= 11 is 5.82. The van der Waals surface area contributed by atoms with Gasteiger partial charge in [-0.05, 0) is 32.0 Å². The molecule has 0 atom stereocenters. The van der Waals surface area contributed by atoms with Crippen LogP contribution >= 0.6 is 11.6 Å². The molecule has 0 fully saturated rings. The van der Waals surface area contributed by atoms with E-state index in [0.29, 0.717) is 11.3 Å². The number of aryl methyl sites for hydroxylation is 1. The van der Waals surface area contributed by atoms with Gasteiger partial charge in [-0.15, -0.1) is 0 Å². The van der Waals surface area contributed by atoms with Gasteiger partial charge in [0.25, 0.3) is 10.0 Å². The van der Waals surface area contributed by atoms with Gasteiger partial charge in [-0.2, -0.15) is 5.26 Å². The summed E-state index contributed by atoms with van der Waals surface area (Å²) in [4.78, 5) is -0.0602. The standard InChI is InChI=1S/C12H10ClN3O3S/c1-7-8(2)15-19-12(7)16-20(17,18)10-4-3-9(6-14)11(13)5-10/h3-5,16H,1-2H3. The Bertz CT molecular complexity index is 806. The fraction of sp³-hybridized carbons (Fsp3) is 0.167. The Labute approximate surface area is 121 Å². The SMILES string of the molecule is Cc1noc(NS(=O)(=O)c2ccc(C#N)c(Cl)c2)c1C. The van der Waals surface area contributed by atoms with E-state index in [1.165, 1.54) is 18.2 Å². The summed E-state index contributed by atoms with van der Waals surface area (Å²) < 4.78 is 31.5. The van der Waals surface area contributed by atoms with E-state index in [2.05, 4.69) is 9.88 Å². The highest BCUT2D eigenvalue weighted by atomic mass is 35.5. The average Bonchev–Trinajstić information content (AvgIpc) is 2.70. The fourth-order valence-electron chi connectivity index (χ4n) is 1.45. The molecule has 20 heavy (non-hydrogen) atoms. The first kappa shape index (κ1) is 14.4. The van der Waals surface area contributed by atoms with Crippen molar-refractivity contribution in [3.05, 3.63) is 40.0 Å². The number of sulfonamides is 1. The Morgan fingerprint density at radius 1 is 1.40 bits per heavy atom. The number of hydrogen-bond donors (Lipinski definition) is 1. The first-order valence-corrected chi connectivity index (χ1v) is 7.36. The van der Waals surface area contributed by atoms with E-state index >= 15 is 0 Å². The molecule has 0 bridgehead atoms. The molecule has 0 amide bonds. The van der Waals surface area contributed by atoms with E-state index in [9.17, 15) is 8.42 Å². The highest BCUT2D eigenvalue weighted by Gasteiger charge is 2.20. The number of anilines is 1. The van der Waals surface area contributed by atoms with Gasteiger partial charge in [-0.3, -0.25) is 0 Å². The molecule has 0 saturated heterocycles. The second kappa shape index (κ2) is 5.15.